The Morgan fingerprint density at radius 1 is 1.15 bits per heavy atom. The van der Waals surface area contributed by atoms with Crippen LogP contribution in [0.2, 0.25) is 0 Å². The zero-order chi connectivity index (χ0) is 14.2. The SMILES string of the molecule is CC1CC(CN)(N2CCC(N3CCCC3)C2)CCN1C. The molecule has 2 N–H and O–H groups in total. The van der Waals surface area contributed by atoms with Crippen molar-refractivity contribution >= 4 is 0 Å². The van der Waals surface area contributed by atoms with Crippen molar-refractivity contribution in [3.8, 4) is 0 Å². The summed E-state index contributed by atoms with van der Waals surface area (Å²) >= 11 is 0. The average molecular weight is 280 g/mol. The van der Waals surface area contributed by atoms with Crippen molar-refractivity contribution in [3.05, 3.63) is 0 Å². The summed E-state index contributed by atoms with van der Waals surface area (Å²) in [7, 11) is 2.25. The molecule has 0 bridgehead atoms. The van der Waals surface area contributed by atoms with E-state index in [1.54, 1.807) is 0 Å². The average Bonchev–Trinajstić information content (AvgIpc) is 3.12. The Bertz CT molecular complexity index is 328. The molecule has 3 unspecified atom stereocenters. The van der Waals surface area contributed by atoms with Gasteiger partial charge >= 0.3 is 0 Å². The minimum atomic E-state index is 0.278. The van der Waals surface area contributed by atoms with Crippen molar-refractivity contribution < 1.29 is 0 Å². The van der Waals surface area contributed by atoms with Crippen molar-refractivity contribution in [2.45, 2.75) is 56.7 Å². The van der Waals surface area contributed by atoms with Gasteiger partial charge in [0.1, 0.15) is 0 Å². The van der Waals surface area contributed by atoms with Crippen LogP contribution in [-0.4, -0.2) is 78.6 Å². The molecule has 3 rings (SSSR count). The summed E-state index contributed by atoms with van der Waals surface area (Å²) in [5, 5.41) is 0. The third-order valence-corrected chi connectivity index (χ3v) is 6.23. The molecule has 0 radical (unpaired) electrons. The van der Waals surface area contributed by atoms with E-state index in [2.05, 4.69) is 28.7 Å². The lowest BCUT2D eigenvalue weighted by Crippen LogP contribution is -2.60. The van der Waals surface area contributed by atoms with E-state index in [9.17, 15) is 0 Å². The van der Waals surface area contributed by atoms with Gasteiger partial charge in [0.2, 0.25) is 0 Å². The first-order valence-electron chi connectivity index (χ1n) is 8.54. The summed E-state index contributed by atoms with van der Waals surface area (Å²) in [5.74, 6) is 0. The van der Waals surface area contributed by atoms with Gasteiger partial charge in [0.25, 0.3) is 0 Å². The summed E-state index contributed by atoms with van der Waals surface area (Å²) in [6.07, 6.45) is 6.65. The first-order chi connectivity index (χ1) is 9.64. The van der Waals surface area contributed by atoms with Crippen LogP contribution < -0.4 is 5.73 Å². The third-order valence-electron chi connectivity index (χ3n) is 6.23. The number of hydrogen-bond donors (Lipinski definition) is 1. The van der Waals surface area contributed by atoms with Crippen LogP contribution in [-0.2, 0) is 0 Å². The molecule has 3 fully saturated rings. The van der Waals surface area contributed by atoms with E-state index in [4.69, 9.17) is 5.73 Å². The second-order valence-corrected chi connectivity index (χ2v) is 7.34. The van der Waals surface area contributed by atoms with E-state index in [1.165, 1.54) is 64.8 Å². The Labute approximate surface area is 124 Å². The molecule has 3 heterocycles. The van der Waals surface area contributed by atoms with E-state index in [-0.39, 0.29) is 5.54 Å². The first kappa shape index (κ1) is 14.8. The number of nitrogens with zero attached hydrogens (tertiary/aromatic N) is 3. The Kier molecular flexibility index (Phi) is 4.37. The molecule has 3 saturated heterocycles. The van der Waals surface area contributed by atoms with Crippen molar-refractivity contribution in [3.63, 3.8) is 0 Å². The predicted octanol–water partition coefficient (Wildman–Crippen LogP) is 0.968. The van der Waals surface area contributed by atoms with Crippen LogP contribution in [0.4, 0.5) is 0 Å². The highest BCUT2D eigenvalue weighted by Gasteiger charge is 2.44. The van der Waals surface area contributed by atoms with Crippen molar-refractivity contribution in [1.29, 1.82) is 0 Å². The van der Waals surface area contributed by atoms with E-state index >= 15 is 0 Å². The van der Waals surface area contributed by atoms with Gasteiger partial charge in [-0.3, -0.25) is 9.80 Å². The van der Waals surface area contributed by atoms with E-state index in [0.29, 0.717) is 6.04 Å². The maximum atomic E-state index is 6.25. The fourth-order valence-corrected chi connectivity index (χ4v) is 4.59. The third kappa shape index (κ3) is 2.63. The van der Waals surface area contributed by atoms with Gasteiger partial charge < -0.3 is 10.6 Å². The number of piperidine rings is 1. The Balaban J connectivity index is 1.65. The highest BCUT2D eigenvalue weighted by molar-refractivity contribution is 5.02. The Morgan fingerprint density at radius 2 is 1.90 bits per heavy atom. The molecule has 0 saturated carbocycles. The molecule has 0 aromatic rings. The number of nitrogens with two attached hydrogens (primary N) is 1. The fourth-order valence-electron chi connectivity index (χ4n) is 4.59. The molecular weight excluding hydrogens is 248 g/mol. The van der Waals surface area contributed by atoms with Gasteiger partial charge in [-0.25, -0.2) is 0 Å². The lowest BCUT2D eigenvalue weighted by molar-refractivity contribution is 0.0212. The van der Waals surface area contributed by atoms with Crippen molar-refractivity contribution in [2.24, 2.45) is 5.73 Å². The molecule has 0 aromatic heterocycles. The second kappa shape index (κ2) is 5.91. The molecule has 0 aliphatic carbocycles. The van der Waals surface area contributed by atoms with Gasteiger partial charge in [0.05, 0.1) is 0 Å². The largest absolute Gasteiger partial charge is 0.329 e. The van der Waals surface area contributed by atoms with Gasteiger partial charge in [0.15, 0.2) is 0 Å². The Morgan fingerprint density at radius 3 is 2.55 bits per heavy atom. The molecule has 0 spiro atoms. The van der Waals surface area contributed by atoms with Crippen LogP contribution in [0.25, 0.3) is 0 Å². The van der Waals surface area contributed by atoms with Crippen LogP contribution in [0, 0.1) is 0 Å². The number of hydrogen-bond acceptors (Lipinski definition) is 4. The molecule has 3 aliphatic heterocycles. The smallest absolute Gasteiger partial charge is 0.0359 e. The van der Waals surface area contributed by atoms with Crippen molar-refractivity contribution in [2.75, 3.05) is 46.3 Å². The van der Waals surface area contributed by atoms with E-state index in [0.717, 1.165) is 12.6 Å². The number of rotatable bonds is 3. The van der Waals surface area contributed by atoms with Crippen LogP contribution in [0.15, 0.2) is 0 Å². The van der Waals surface area contributed by atoms with Gasteiger partial charge in [-0.15, -0.1) is 0 Å². The molecule has 0 amide bonds. The predicted molar refractivity (Wildman–Crippen MR) is 83.9 cm³/mol. The lowest BCUT2D eigenvalue weighted by Gasteiger charge is -2.49. The molecule has 3 aliphatic rings. The van der Waals surface area contributed by atoms with Gasteiger partial charge in [0, 0.05) is 37.3 Å². The fraction of sp³-hybridized carbons (Fsp3) is 1.00. The van der Waals surface area contributed by atoms with Crippen LogP contribution >= 0.6 is 0 Å². The summed E-state index contributed by atoms with van der Waals surface area (Å²) in [4.78, 5) is 7.96. The normalized spacial score (nSPS) is 41.5. The van der Waals surface area contributed by atoms with Gasteiger partial charge in [-0.2, -0.15) is 0 Å². The summed E-state index contributed by atoms with van der Waals surface area (Å²) in [5.41, 5.74) is 6.53. The minimum absolute atomic E-state index is 0.278. The van der Waals surface area contributed by atoms with Crippen LogP contribution in [0.5, 0.6) is 0 Å². The molecule has 4 nitrogen and oxygen atoms in total. The zero-order valence-corrected chi connectivity index (χ0v) is 13.4. The number of likely N-dealkylation sites (tertiary alicyclic amines) is 3. The quantitative estimate of drug-likeness (QED) is 0.835. The van der Waals surface area contributed by atoms with E-state index in [1.807, 2.05) is 0 Å². The molecule has 4 heteroatoms. The lowest BCUT2D eigenvalue weighted by atomic mass is 9.82. The second-order valence-electron chi connectivity index (χ2n) is 7.34. The van der Waals surface area contributed by atoms with Crippen LogP contribution in [0.1, 0.15) is 39.0 Å². The zero-order valence-electron chi connectivity index (χ0n) is 13.4. The van der Waals surface area contributed by atoms with E-state index < -0.39 is 0 Å². The molecular formula is C16H32N4. The summed E-state index contributed by atoms with van der Waals surface area (Å²) < 4.78 is 0. The van der Waals surface area contributed by atoms with Gasteiger partial charge in [-0.1, -0.05) is 0 Å². The molecule has 20 heavy (non-hydrogen) atoms. The Hall–Kier alpha value is -0.160. The highest BCUT2D eigenvalue weighted by atomic mass is 15.3. The minimum Gasteiger partial charge on any atom is -0.329 e. The summed E-state index contributed by atoms with van der Waals surface area (Å²) in [6.45, 7) is 9.56. The molecule has 116 valence electrons. The molecule has 3 atom stereocenters. The maximum Gasteiger partial charge on any atom is 0.0359 e. The summed E-state index contributed by atoms with van der Waals surface area (Å²) in [6, 6.07) is 1.47. The standard InChI is InChI=1S/C16H32N4/c1-14-11-16(13-17,6-10-18(14)2)20-9-5-15(12-20)19-7-3-4-8-19/h14-15H,3-13,17H2,1-2H3. The van der Waals surface area contributed by atoms with Crippen LogP contribution in [0.3, 0.4) is 0 Å². The monoisotopic (exact) mass is 280 g/mol. The molecule has 0 aromatic carbocycles. The van der Waals surface area contributed by atoms with Gasteiger partial charge in [-0.05, 0) is 65.7 Å². The van der Waals surface area contributed by atoms with Crippen molar-refractivity contribution in [1.82, 2.24) is 14.7 Å². The maximum absolute atomic E-state index is 6.25. The topological polar surface area (TPSA) is 35.7 Å². The first-order valence-corrected chi connectivity index (χ1v) is 8.54. The highest BCUT2D eigenvalue weighted by Crippen LogP contribution is 2.35.